The van der Waals surface area contributed by atoms with Gasteiger partial charge >= 0.3 is 5.97 Å². The third-order valence-electron chi connectivity index (χ3n) is 3.49. The van der Waals surface area contributed by atoms with E-state index in [-0.39, 0.29) is 5.56 Å². The summed E-state index contributed by atoms with van der Waals surface area (Å²) in [6.45, 7) is 0.597. The molecule has 0 bridgehead atoms. The van der Waals surface area contributed by atoms with Crippen molar-refractivity contribution >= 4 is 5.97 Å². The molecule has 0 saturated carbocycles. The lowest BCUT2D eigenvalue weighted by atomic mass is 9.78. The molecule has 0 saturated heterocycles. The molecule has 2 aromatic carbocycles. The maximum absolute atomic E-state index is 10.9. The highest BCUT2D eigenvalue weighted by atomic mass is 16.5. The first-order valence-corrected chi connectivity index (χ1v) is 6.28. The lowest BCUT2D eigenvalue weighted by molar-refractivity contribution is 0.0696. The third kappa shape index (κ3) is 2.32. The lowest BCUT2D eigenvalue weighted by Crippen LogP contribution is -2.23. The second-order valence-electron chi connectivity index (χ2n) is 4.74. The van der Waals surface area contributed by atoms with Gasteiger partial charge in [0.1, 0.15) is 5.75 Å². The van der Waals surface area contributed by atoms with Crippen molar-refractivity contribution in [2.45, 2.75) is 12.3 Å². The topological polar surface area (TPSA) is 46.5 Å². The highest BCUT2D eigenvalue weighted by molar-refractivity contribution is 5.87. The number of ether oxygens (including phenoxy) is 1. The van der Waals surface area contributed by atoms with Crippen LogP contribution in [0.25, 0.3) is 0 Å². The Balaban J connectivity index is 1.65. The molecule has 0 spiro atoms. The minimum Gasteiger partial charge on any atom is -0.493 e. The molecule has 3 nitrogen and oxygen atoms in total. The fourth-order valence-electron chi connectivity index (χ4n) is 2.43. The van der Waals surface area contributed by atoms with Crippen LogP contribution in [0.3, 0.4) is 0 Å². The number of benzene rings is 2. The first kappa shape index (κ1) is 11.8. The van der Waals surface area contributed by atoms with E-state index in [0.717, 1.165) is 6.42 Å². The maximum atomic E-state index is 10.9. The van der Waals surface area contributed by atoms with Gasteiger partial charge in [0.25, 0.3) is 0 Å². The first-order valence-electron chi connectivity index (χ1n) is 6.28. The summed E-state index contributed by atoms with van der Waals surface area (Å²) in [6.07, 6.45) is 1.04. The van der Waals surface area contributed by atoms with Crippen molar-refractivity contribution in [1.29, 1.82) is 0 Å². The van der Waals surface area contributed by atoms with Gasteiger partial charge in [0.15, 0.2) is 0 Å². The predicted molar refractivity (Wildman–Crippen MR) is 71.8 cm³/mol. The van der Waals surface area contributed by atoms with Gasteiger partial charge in [-0.15, -0.1) is 0 Å². The van der Waals surface area contributed by atoms with Crippen molar-refractivity contribution in [2.24, 2.45) is 0 Å². The van der Waals surface area contributed by atoms with Crippen molar-refractivity contribution in [3.05, 3.63) is 65.2 Å². The maximum Gasteiger partial charge on any atom is 0.335 e. The molecule has 1 N–H and O–H groups in total. The summed E-state index contributed by atoms with van der Waals surface area (Å²) >= 11 is 0. The molecule has 2 aromatic rings. The first-order chi connectivity index (χ1) is 9.24. The minimum absolute atomic E-state index is 0.256. The SMILES string of the molecule is O=C(O)c1cccc(OCC2Cc3ccccc32)c1. The molecule has 0 aliphatic heterocycles. The fraction of sp³-hybridized carbons (Fsp3) is 0.188. The molecule has 96 valence electrons. The zero-order chi connectivity index (χ0) is 13.2. The molecule has 0 radical (unpaired) electrons. The number of aromatic carboxylic acids is 1. The van der Waals surface area contributed by atoms with Crippen LogP contribution in [0.5, 0.6) is 5.75 Å². The second-order valence-corrected chi connectivity index (χ2v) is 4.74. The molecular weight excluding hydrogens is 240 g/mol. The predicted octanol–water partition coefficient (Wildman–Crippen LogP) is 3.10. The average Bonchev–Trinajstić information content (AvgIpc) is 2.40. The van der Waals surface area contributed by atoms with Crippen molar-refractivity contribution in [1.82, 2.24) is 0 Å². The Labute approximate surface area is 111 Å². The van der Waals surface area contributed by atoms with Crippen molar-refractivity contribution < 1.29 is 14.6 Å². The minimum atomic E-state index is -0.931. The van der Waals surface area contributed by atoms with Crippen LogP contribution in [0.15, 0.2) is 48.5 Å². The van der Waals surface area contributed by atoms with Crippen molar-refractivity contribution in [3.8, 4) is 5.75 Å². The summed E-state index contributed by atoms with van der Waals surface area (Å²) in [5, 5.41) is 8.92. The van der Waals surface area contributed by atoms with E-state index in [1.807, 2.05) is 12.1 Å². The quantitative estimate of drug-likeness (QED) is 0.911. The molecule has 19 heavy (non-hydrogen) atoms. The molecule has 1 aliphatic rings. The van der Waals surface area contributed by atoms with Gasteiger partial charge in [-0.25, -0.2) is 4.79 Å². The second kappa shape index (κ2) is 4.76. The Bertz CT molecular complexity index is 619. The Kier molecular flexibility index (Phi) is 2.95. The van der Waals surface area contributed by atoms with Crippen molar-refractivity contribution in [2.75, 3.05) is 6.61 Å². The summed E-state index contributed by atoms with van der Waals surface area (Å²) in [6, 6.07) is 15.0. The number of hydrogen-bond donors (Lipinski definition) is 1. The largest absolute Gasteiger partial charge is 0.493 e. The van der Waals surface area contributed by atoms with Crippen LogP contribution in [-0.2, 0) is 6.42 Å². The van der Waals surface area contributed by atoms with Crippen LogP contribution in [0.1, 0.15) is 27.4 Å². The normalized spacial score (nSPS) is 16.3. The number of fused-ring (bicyclic) bond motifs is 1. The van der Waals surface area contributed by atoms with E-state index in [1.165, 1.54) is 11.1 Å². The van der Waals surface area contributed by atoms with Crippen LogP contribution in [0.2, 0.25) is 0 Å². The van der Waals surface area contributed by atoms with Gasteiger partial charge in [-0.3, -0.25) is 0 Å². The molecule has 3 heteroatoms. The summed E-state index contributed by atoms with van der Waals surface area (Å²) in [5.74, 6) is 0.105. The number of hydrogen-bond acceptors (Lipinski definition) is 2. The van der Waals surface area contributed by atoms with Gasteiger partial charge in [0.2, 0.25) is 0 Å². The van der Waals surface area contributed by atoms with E-state index < -0.39 is 5.97 Å². The van der Waals surface area contributed by atoms with Gasteiger partial charge in [0, 0.05) is 5.92 Å². The number of carboxylic acid groups (broad SMARTS) is 1. The van der Waals surface area contributed by atoms with E-state index in [0.29, 0.717) is 18.3 Å². The Morgan fingerprint density at radius 2 is 2.05 bits per heavy atom. The standard InChI is InChI=1S/C16H14O3/c17-16(18)12-5-3-6-14(9-12)19-10-13-8-11-4-1-2-7-15(11)13/h1-7,9,13H,8,10H2,(H,17,18). The van der Waals surface area contributed by atoms with E-state index in [2.05, 4.69) is 12.1 Å². The Morgan fingerprint density at radius 1 is 1.21 bits per heavy atom. The number of carboxylic acids is 1. The zero-order valence-electron chi connectivity index (χ0n) is 10.4. The summed E-state index contributed by atoms with van der Waals surface area (Å²) < 4.78 is 5.69. The number of rotatable bonds is 4. The summed E-state index contributed by atoms with van der Waals surface area (Å²) in [5.41, 5.74) is 2.98. The van der Waals surface area contributed by atoms with Gasteiger partial charge in [-0.1, -0.05) is 30.3 Å². The van der Waals surface area contributed by atoms with Crippen LogP contribution in [-0.4, -0.2) is 17.7 Å². The summed E-state index contributed by atoms with van der Waals surface area (Å²) in [4.78, 5) is 10.9. The number of carbonyl (C=O) groups is 1. The van der Waals surface area contributed by atoms with Gasteiger partial charge in [-0.05, 0) is 35.7 Å². The van der Waals surface area contributed by atoms with Gasteiger partial charge in [0.05, 0.1) is 12.2 Å². The zero-order valence-corrected chi connectivity index (χ0v) is 10.4. The summed E-state index contributed by atoms with van der Waals surface area (Å²) in [7, 11) is 0. The average molecular weight is 254 g/mol. The van der Waals surface area contributed by atoms with Crippen LogP contribution < -0.4 is 4.74 Å². The molecule has 1 aliphatic carbocycles. The molecule has 0 aromatic heterocycles. The molecule has 1 unspecified atom stereocenters. The molecule has 3 rings (SSSR count). The van der Waals surface area contributed by atoms with Crippen LogP contribution >= 0.6 is 0 Å². The molecule has 0 amide bonds. The molecule has 0 fully saturated rings. The van der Waals surface area contributed by atoms with Crippen molar-refractivity contribution in [3.63, 3.8) is 0 Å². The highest BCUT2D eigenvalue weighted by Crippen LogP contribution is 2.35. The Morgan fingerprint density at radius 3 is 2.84 bits per heavy atom. The van der Waals surface area contributed by atoms with E-state index in [1.54, 1.807) is 24.3 Å². The highest BCUT2D eigenvalue weighted by Gasteiger charge is 2.25. The van der Waals surface area contributed by atoms with Crippen LogP contribution in [0, 0.1) is 0 Å². The van der Waals surface area contributed by atoms with Gasteiger partial charge < -0.3 is 9.84 Å². The monoisotopic (exact) mass is 254 g/mol. The van der Waals surface area contributed by atoms with E-state index in [9.17, 15) is 4.79 Å². The lowest BCUT2D eigenvalue weighted by Gasteiger charge is -2.29. The van der Waals surface area contributed by atoms with E-state index >= 15 is 0 Å². The van der Waals surface area contributed by atoms with Gasteiger partial charge in [-0.2, -0.15) is 0 Å². The Hall–Kier alpha value is -2.29. The smallest absolute Gasteiger partial charge is 0.335 e. The molecular formula is C16H14O3. The fourth-order valence-corrected chi connectivity index (χ4v) is 2.43. The van der Waals surface area contributed by atoms with E-state index in [4.69, 9.17) is 9.84 Å². The molecule has 0 heterocycles. The molecule has 1 atom stereocenters. The third-order valence-corrected chi connectivity index (χ3v) is 3.49. The van der Waals surface area contributed by atoms with Crippen LogP contribution in [0.4, 0.5) is 0 Å².